The minimum atomic E-state index is -0.485. The molecule has 2 N–H and O–H groups in total. The average molecular weight is 600 g/mol. The molecule has 2 amide bonds. The third-order valence-electron chi connectivity index (χ3n) is 5.52. The smallest absolute Gasteiger partial charge is 0.341 e. The van der Waals surface area contributed by atoms with Crippen LogP contribution in [0.15, 0.2) is 77.0 Å². The Morgan fingerprint density at radius 1 is 0.974 bits per heavy atom. The molecule has 4 rings (SSSR count). The van der Waals surface area contributed by atoms with Crippen molar-refractivity contribution >= 4 is 74.8 Å². The van der Waals surface area contributed by atoms with E-state index in [1.807, 2.05) is 42.6 Å². The van der Waals surface area contributed by atoms with Gasteiger partial charge in [-0.1, -0.05) is 59.1 Å². The lowest BCUT2D eigenvalue weighted by molar-refractivity contribution is -0.113. The number of hydrogen-bond donors (Lipinski definition) is 2. The summed E-state index contributed by atoms with van der Waals surface area (Å²) in [6, 6.07) is 19.6. The number of anilines is 2. The summed E-state index contributed by atoms with van der Waals surface area (Å²) in [5.41, 5.74) is 3.89. The van der Waals surface area contributed by atoms with Gasteiger partial charge in [0.25, 0.3) is 5.91 Å². The number of thioether (sulfide) groups is 1. The van der Waals surface area contributed by atoms with Crippen LogP contribution in [0.3, 0.4) is 0 Å². The number of carbonyl (C=O) groups excluding carboxylic acids is 3. The van der Waals surface area contributed by atoms with Crippen LogP contribution in [0.5, 0.6) is 0 Å². The lowest BCUT2D eigenvalue weighted by atomic mass is 10.0. The van der Waals surface area contributed by atoms with E-state index in [1.165, 1.54) is 29.2 Å². The maximum absolute atomic E-state index is 12.8. The maximum Gasteiger partial charge on any atom is 0.341 e. The zero-order chi connectivity index (χ0) is 27.9. The van der Waals surface area contributed by atoms with Gasteiger partial charge in [0.2, 0.25) is 5.91 Å². The molecule has 10 heteroatoms. The number of rotatable bonds is 9. The van der Waals surface area contributed by atoms with E-state index in [0.717, 1.165) is 16.0 Å². The number of hydrogen-bond acceptors (Lipinski definition) is 6. The number of carbonyl (C=O) groups is 3. The van der Waals surface area contributed by atoms with Gasteiger partial charge in [0, 0.05) is 26.5 Å². The first kappa shape index (κ1) is 28.7. The molecule has 0 unspecified atom stereocenters. The largest absolute Gasteiger partial charge is 0.462 e. The van der Waals surface area contributed by atoms with Gasteiger partial charge in [-0.05, 0) is 55.8 Å². The Bertz CT molecular complexity index is 1520. The summed E-state index contributed by atoms with van der Waals surface area (Å²) in [5.74, 6) is -1.03. The van der Waals surface area contributed by atoms with E-state index in [1.54, 1.807) is 37.3 Å². The number of nitrogens with one attached hydrogen (secondary N) is 2. The van der Waals surface area contributed by atoms with Gasteiger partial charge < -0.3 is 15.4 Å². The van der Waals surface area contributed by atoms with E-state index in [-0.39, 0.29) is 29.2 Å². The maximum atomic E-state index is 12.8. The number of thiophene rings is 1. The van der Waals surface area contributed by atoms with Crippen molar-refractivity contribution < 1.29 is 19.1 Å². The minimum absolute atomic E-state index is 0.0977. The number of amides is 2. The first-order valence-corrected chi connectivity index (χ1v) is 14.5. The van der Waals surface area contributed by atoms with Crippen LogP contribution in [0.2, 0.25) is 10.0 Å². The second-order valence-electron chi connectivity index (χ2n) is 8.38. The molecule has 4 aromatic rings. The van der Waals surface area contributed by atoms with Crippen molar-refractivity contribution in [2.45, 2.75) is 18.7 Å². The highest BCUT2D eigenvalue weighted by Gasteiger charge is 2.23. The Morgan fingerprint density at radius 3 is 2.46 bits per heavy atom. The number of ether oxygens (including phenoxy) is 1. The predicted octanol–water partition coefficient (Wildman–Crippen LogP) is 8.19. The molecule has 0 saturated carbocycles. The summed E-state index contributed by atoms with van der Waals surface area (Å²) in [6.45, 7) is 3.96. The summed E-state index contributed by atoms with van der Waals surface area (Å²) in [6.07, 6.45) is 0. The molecule has 1 heterocycles. The fourth-order valence-corrected chi connectivity index (χ4v) is 5.87. The van der Waals surface area contributed by atoms with E-state index in [0.29, 0.717) is 32.4 Å². The molecule has 0 spiro atoms. The molecular formula is C29H24Cl2N2O4S2. The van der Waals surface area contributed by atoms with E-state index >= 15 is 0 Å². The predicted molar refractivity (Wildman–Crippen MR) is 161 cm³/mol. The molecule has 0 radical (unpaired) electrons. The number of halogens is 2. The van der Waals surface area contributed by atoms with Gasteiger partial charge in [-0.2, -0.15) is 0 Å². The van der Waals surface area contributed by atoms with E-state index in [9.17, 15) is 14.4 Å². The van der Waals surface area contributed by atoms with Crippen molar-refractivity contribution in [3.63, 3.8) is 0 Å². The molecule has 0 aliphatic heterocycles. The van der Waals surface area contributed by atoms with Crippen LogP contribution in [0.4, 0.5) is 10.7 Å². The highest BCUT2D eigenvalue weighted by Crippen LogP contribution is 2.36. The molecule has 1 aromatic heterocycles. The van der Waals surface area contributed by atoms with Gasteiger partial charge in [-0.15, -0.1) is 23.1 Å². The minimum Gasteiger partial charge on any atom is -0.462 e. The molecule has 200 valence electrons. The standard InChI is InChI=1S/C29H24Cl2N2O4S2/c1-3-37-29(36)26-23(18-9-7-17(2)8-10-18)15-39-28(26)33-25(34)16-38-21-6-4-5-20(14-21)32-27(35)22-12-11-19(30)13-24(22)31/h4-15H,3,16H2,1-2H3,(H,32,35)(H,33,34). The van der Waals surface area contributed by atoms with Gasteiger partial charge in [0.15, 0.2) is 0 Å². The Morgan fingerprint density at radius 2 is 1.74 bits per heavy atom. The molecule has 0 fully saturated rings. The molecule has 3 aromatic carbocycles. The number of aryl methyl sites for hydroxylation is 1. The van der Waals surface area contributed by atoms with Crippen LogP contribution in [0.25, 0.3) is 11.1 Å². The van der Waals surface area contributed by atoms with Crippen molar-refractivity contribution in [2.24, 2.45) is 0 Å². The highest BCUT2D eigenvalue weighted by atomic mass is 35.5. The lowest BCUT2D eigenvalue weighted by Gasteiger charge is -2.10. The zero-order valence-electron chi connectivity index (χ0n) is 21.0. The fraction of sp³-hybridized carbons (Fsp3) is 0.138. The summed E-state index contributed by atoms with van der Waals surface area (Å²) < 4.78 is 5.28. The third kappa shape index (κ3) is 7.42. The van der Waals surface area contributed by atoms with Crippen molar-refractivity contribution in [1.29, 1.82) is 0 Å². The monoisotopic (exact) mass is 598 g/mol. The van der Waals surface area contributed by atoms with Gasteiger partial charge >= 0.3 is 5.97 Å². The van der Waals surface area contributed by atoms with E-state index < -0.39 is 5.97 Å². The fourth-order valence-electron chi connectivity index (χ4n) is 3.65. The first-order chi connectivity index (χ1) is 18.7. The highest BCUT2D eigenvalue weighted by molar-refractivity contribution is 8.00. The van der Waals surface area contributed by atoms with E-state index in [2.05, 4.69) is 10.6 Å². The van der Waals surface area contributed by atoms with Gasteiger partial charge in [0.05, 0.1) is 22.9 Å². The molecule has 0 aliphatic carbocycles. The number of benzene rings is 3. The summed E-state index contributed by atoms with van der Waals surface area (Å²) in [7, 11) is 0. The van der Waals surface area contributed by atoms with Crippen LogP contribution in [0, 0.1) is 6.92 Å². The van der Waals surface area contributed by atoms with Crippen molar-refractivity contribution in [1.82, 2.24) is 0 Å². The second-order valence-corrected chi connectivity index (χ2v) is 11.2. The van der Waals surface area contributed by atoms with Crippen molar-refractivity contribution in [3.05, 3.63) is 98.8 Å². The van der Waals surface area contributed by atoms with Crippen LogP contribution in [0.1, 0.15) is 33.2 Å². The second kappa shape index (κ2) is 13.2. The van der Waals surface area contributed by atoms with Crippen LogP contribution in [-0.2, 0) is 9.53 Å². The Kier molecular flexibility index (Phi) is 9.69. The molecule has 6 nitrogen and oxygen atoms in total. The van der Waals surface area contributed by atoms with Crippen molar-refractivity contribution in [3.8, 4) is 11.1 Å². The van der Waals surface area contributed by atoms with Crippen LogP contribution < -0.4 is 10.6 Å². The molecule has 39 heavy (non-hydrogen) atoms. The van der Waals surface area contributed by atoms with Crippen LogP contribution >= 0.6 is 46.3 Å². The quantitative estimate of drug-likeness (QED) is 0.150. The number of esters is 1. The first-order valence-electron chi connectivity index (χ1n) is 11.9. The lowest BCUT2D eigenvalue weighted by Crippen LogP contribution is -2.16. The molecular weight excluding hydrogens is 575 g/mol. The Hall–Kier alpha value is -3.30. The Balaban J connectivity index is 1.43. The topological polar surface area (TPSA) is 84.5 Å². The molecule has 0 bridgehead atoms. The third-order valence-corrected chi connectivity index (χ3v) is 7.96. The molecule has 0 aliphatic rings. The summed E-state index contributed by atoms with van der Waals surface area (Å²) in [5, 5.41) is 8.65. The van der Waals surface area contributed by atoms with Gasteiger partial charge in [-0.3, -0.25) is 9.59 Å². The van der Waals surface area contributed by atoms with Crippen LogP contribution in [-0.4, -0.2) is 30.1 Å². The molecule has 0 saturated heterocycles. The Labute approximate surface area is 244 Å². The summed E-state index contributed by atoms with van der Waals surface area (Å²) in [4.78, 5) is 39.1. The average Bonchev–Trinajstić information content (AvgIpc) is 3.31. The SMILES string of the molecule is CCOC(=O)c1c(-c2ccc(C)cc2)csc1NC(=O)CSc1cccc(NC(=O)c2ccc(Cl)cc2Cl)c1. The zero-order valence-corrected chi connectivity index (χ0v) is 24.2. The normalized spacial score (nSPS) is 10.7. The molecule has 0 atom stereocenters. The van der Waals surface area contributed by atoms with Crippen molar-refractivity contribution in [2.75, 3.05) is 23.0 Å². The van der Waals surface area contributed by atoms with E-state index in [4.69, 9.17) is 27.9 Å². The summed E-state index contributed by atoms with van der Waals surface area (Å²) >= 11 is 14.6. The van der Waals surface area contributed by atoms with Gasteiger partial charge in [0.1, 0.15) is 10.6 Å². The van der Waals surface area contributed by atoms with Gasteiger partial charge in [-0.25, -0.2) is 4.79 Å².